The summed E-state index contributed by atoms with van der Waals surface area (Å²) in [7, 11) is 0. The van der Waals surface area contributed by atoms with Gasteiger partial charge in [-0.2, -0.15) is 5.10 Å². The lowest BCUT2D eigenvalue weighted by molar-refractivity contribution is 0.102. The van der Waals surface area contributed by atoms with Gasteiger partial charge in [-0.1, -0.05) is 13.8 Å². The van der Waals surface area contributed by atoms with Crippen LogP contribution in [0.15, 0.2) is 22.7 Å². The van der Waals surface area contributed by atoms with Crippen LogP contribution in [0.3, 0.4) is 0 Å². The van der Waals surface area contributed by atoms with Crippen LogP contribution >= 0.6 is 15.9 Å². The summed E-state index contributed by atoms with van der Waals surface area (Å²) in [6.07, 6.45) is 0. The van der Waals surface area contributed by atoms with E-state index in [1.54, 1.807) is 0 Å². The Balaban J connectivity index is 2.24. The van der Waals surface area contributed by atoms with E-state index in [-0.39, 0.29) is 11.6 Å². The average molecular weight is 341 g/mol. The Kier molecular flexibility index (Phi) is 4.08. The number of anilines is 2. The Morgan fingerprint density at radius 3 is 2.75 bits per heavy atom. The SMILES string of the molecule is CC(C)c1[nH]nc(C(=O)Nc2ccc(F)cc2Br)c1N. The highest BCUT2D eigenvalue weighted by atomic mass is 79.9. The van der Waals surface area contributed by atoms with Gasteiger partial charge in [0.2, 0.25) is 0 Å². The zero-order chi connectivity index (χ0) is 14.9. The van der Waals surface area contributed by atoms with Crippen molar-refractivity contribution < 1.29 is 9.18 Å². The van der Waals surface area contributed by atoms with E-state index in [2.05, 4.69) is 31.4 Å². The number of hydrogen-bond acceptors (Lipinski definition) is 3. The number of aromatic nitrogens is 2. The van der Waals surface area contributed by atoms with E-state index in [9.17, 15) is 9.18 Å². The fraction of sp³-hybridized carbons (Fsp3) is 0.231. The van der Waals surface area contributed by atoms with E-state index in [0.29, 0.717) is 21.5 Å². The molecule has 2 rings (SSSR count). The normalized spacial score (nSPS) is 10.8. The molecule has 2 aromatic rings. The quantitative estimate of drug-likeness (QED) is 0.801. The number of nitrogens with one attached hydrogen (secondary N) is 2. The number of hydrogen-bond donors (Lipinski definition) is 3. The van der Waals surface area contributed by atoms with E-state index in [1.165, 1.54) is 18.2 Å². The van der Waals surface area contributed by atoms with Gasteiger partial charge in [-0.25, -0.2) is 4.39 Å². The molecular weight excluding hydrogens is 327 g/mol. The van der Waals surface area contributed by atoms with Crippen LogP contribution in [0.4, 0.5) is 15.8 Å². The summed E-state index contributed by atoms with van der Waals surface area (Å²) in [6, 6.07) is 3.99. The Labute approximate surface area is 123 Å². The van der Waals surface area contributed by atoms with Gasteiger partial charge in [0.25, 0.3) is 5.91 Å². The summed E-state index contributed by atoms with van der Waals surface area (Å²) in [5.41, 5.74) is 7.52. The highest BCUT2D eigenvalue weighted by molar-refractivity contribution is 9.10. The first-order chi connectivity index (χ1) is 9.40. The highest BCUT2D eigenvalue weighted by Crippen LogP contribution is 2.26. The molecule has 1 aromatic heterocycles. The van der Waals surface area contributed by atoms with Gasteiger partial charge in [-0.3, -0.25) is 9.89 Å². The number of nitrogens with two attached hydrogens (primary N) is 1. The summed E-state index contributed by atoms with van der Waals surface area (Å²) in [6.45, 7) is 3.89. The third kappa shape index (κ3) is 2.82. The molecule has 0 aliphatic rings. The van der Waals surface area contributed by atoms with Crippen molar-refractivity contribution in [2.75, 3.05) is 11.1 Å². The van der Waals surface area contributed by atoms with Crippen LogP contribution in [0.1, 0.15) is 35.9 Å². The first-order valence-electron chi connectivity index (χ1n) is 6.00. The van der Waals surface area contributed by atoms with Crippen molar-refractivity contribution in [2.24, 2.45) is 0 Å². The minimum Gasteiger partial charge on any atom is -0.395 e. The number of aromatic amines is 1. The van der Waals surface area contributed by atoms with Crippen LogP contribution in [-0.4, -0.2) is 16.1 Å². The molecular formula is C13H14BrFN4O. The van der Waals surface area contributed by atoms with Crippen LogP contribution in [0.25, 0.3) is 0 Å². The predicted molar refractivity (Wildman–Crippen MR) is 79.1 cm³/mol. The molecule has 0 aliphatic heterocycles. The Morgan fingerprint density at radius 2 is 2.20 bits per heavy atom. The maximum absolute atomic E-state index is 13.0. The maximum atomic E-state index is 13.0. The number of amides is 1. The smallest absolute Gasteiger partial charge is 0.278 e. The fourth-order valence-corrected chi connectivity index (χ4v) is 2.20. The van der Waals surface area contributed by atoms with Crippen LogP contribution in [-0.2, 0) is 0 Å². The van der Waals surface area contributed by atoms with Gasteiger partial charge in [0.05, 0.1) is 17.1 Å². The van der Waals surface area contributed by atoms with Crippen LogP contribution < -0.4 is 11.1 Å². The second-order valence-corrected chi connectivity index (χ2v) is 5.49. The number of H-pyrrole nitrogens is 1. The zero-order valence-electron chi connectivity index (χ0n) is 11.0. The molecule has 0 saturated heterocycles. The summed E-state index contributed by atoms with van der Waals surface area (Å²) >= 11 is 3.18. The second kappa shape index (κ2) is 5.62. The molecule has 0 spiro atoms. The molecule has 1 aromatic carbocycles. The molecule has 0 radical (unpaired) electrons. The van der Waals surface area contributed by atoms with Crippen LogP contribution in [0.2, 0.25) is 0 Å². The number of nitrogens with zero attached hydrogens (tertiary/aromatic N) is 1. The number of carbonyl (C=O) groups excluding carboxylic acids is 1. The highest BCUT2D eigenvalue weighted by Gasteiger charge is 2.19. The Hall–Kier alpha value is -1.89. The van der Waals surface area contributed by atoms with E-state index in [4.69, 9.17) is 5.73 Å². The average Bonchev–Trinajstić information content (AvgIpc) is 2.74. The summed E-state index contributed by atoms with van der Waals surface area (Å²) < 4.78 is 13.4. The molecule has 20 heavy (non-hydrogen) atoms. The minimum absolute atomic E-state index is 0.130. The lowest BCUT2D eigenvalue weighted by Crippen LogP contribution is -2.14. The standard InChI is InChI=1S/C13H14BrFN4O/c1-6(2)11-10(16)12(19-18-11)13(20)17-9-4-3-7(15)5-8(9)14/h3-6H,16H2,1-2H3,(H,17,20)(H,18,19). The number of benzene rings is 1. The van der Waals surface area contributed by atoms with Crippen molar-refractivity contribution in [2.45, 2.75) is 19.8 Å². The minimum atomic E-state index is -0.446. The second-order valence-electron chi connectivity index (χ2n) is 4.63. The molecule has 106 valence electrons. The molecule has 1 amide bonds. The van der Waals surface area contributed by atoms with Gasteiger partial charge < -0.3 is 11.1 Å². The van der Waals surface area contributed by atoms with Crippen molar-refractivity contribution in [3.05, 3.63) is 39.9 Å². The predicted octanol–water partition coefficient (Wildman–Crippen LogP) is 3.27. The molecule has 0 atom stereocenters. The molecule has 7 heteroatoms. The van der Waals surface area contributed by atoms with Crippen molar-refractivity contribution in [3.63, 3.8) is 0 Å². The van der Waals surface area contributed by atoms with Gasteiger partial charge in [0, 0.05) is 4.47 Å². The first kappa shape index (κ1) is 14.5. The molecule has 4 N–H and O–H groups in total. The zero-order valence-corrected chi connectivity index (χ0v) is 12.6. The summed E-state index contributed by atoms with van der Waals surface area (Å²) in [5.74, 6) is -0.698. The molecule has 0 aliphatic carbocycles. The topological polar surface area (TPSA) is 83.8 Å². The molecule has 0 saturated carbocycles. The maximum Gasteiger partial charge on any atom is 0.278 e. The third-order valence-corrected chi connectivity index (χ3v) is 3.46. The lowest BCUT2D eigenvalue weighted by Gasteiger charge is -2.07. The molecule has 0 unspecified atom stereocenters. The molecule has 0 bridgehead atoms. The number of rotatable bonds is 3. The van der Waals surface area contributed by atoms with Gasteiger partial charge in [0.1, 0.15) is 5.82 Å². The van der Waals surface area contributed by atoms with Crippen molar-refractivity contribution in [3.8, 4) is 0 Å². The van der Waals surface area contributed by atoms with Crippen molar-refractivity contribution in [1.82, 2.24) is 10.2 Å². The number of nitrogen functional groups attached to an aromatic ring is 1. The van der Waals surface area contributed by atoms with E-state index in [1.807, 2.05) is 13.8 Å². The third-order valence-electron chi connectivity index (χ3n) is 2.81. The lowest BCUT2D eigenvalue weighted by atomic mass is 10.1. The van der Waals surface area contributed by atoms with Gasteiger partial charge in [-0.05, 0) is 40.0 Å². The van der Waals surface area contributed by atoms with Gasteiger partial charge in [0.15, 0.2) is 5.69 Å². The van der Waals surface area contributed by atoms with Gasteiger partial charge >= 0.3 is 0 Å². The molecule has 5 nitrogen and oxygen atoms in total. The van der Waals surface area contributed by atoms with Gasteiger partial charge in [-0.15, -0.1) is 0 Å². The number of carbonyl (C=O) groups is 1. The Bertz CT molecular complexity index is 654. The van der Waals surface area contributed by atoms with E-state index < -0.39 is 11.7 Å². The fourth-order valence-electron chi connectivity index (χ4n) is 1.75. The van der Waals surface area contributed by atoms with Crippen LogP contribution in [0.5, 0.6) is 0 Å². The summed E-state index contributed by atoms with van der Waals surface area (Å²) in [4.78, 5) is 12.1. The van der Waals surface area contributed by atoms with E-state index >= 15 is 0 Å². The largest absolute Gasteiger partial charge is 0.395 e. The molecule has 0 fully saturated rings. The number of halogens is 2. The van der Waals surface area contributed by atoms with Crippen molar-refractivity contribution >= 4 is 33.2 Å². The summed E-state index contributed by atoms with van der Waals surface area (Å²) in [5, 5.41) is 9.32. The Morgan fingerprint density at radius 1 is 1.50 bits per heavy atom. The first-order valence-corrected chi connectivity index (χ1v) is 6.79. The monoisotopic (exact) mass is 340 g/mol. The van der Waals surface area contributed by atoms with E-state index in [0.717, 1.165) is 0 Å². The van der Waals surface area contributed by atoms with Crippen molar-refractivity contribution in [1.29, 1.82) is 0 Å². The van der Waals surface area contributed by atoms with Crippen LogP contribution in [0, 0.1) is 5.82 Å². The molecule has 1 heterocycles.